The molecule has 0 aliphatic carbocycles. The maximum atomic E-state index is 12.2. The molecule has 14 heavy (non-hydrogen) atoms. The van der Waals surface area contributed by atoms with E-state index in [2.05, 4.69) is 4.99 Å². The van der Waals surface area contributed by atoms with Crippen molar-refractivity contribution in [2.45, 2.75) is 26.4 Å². The number of aliphatic imine (C=N–C) groups is 1. The molecule has 1 aliphatic heterocycles. The van der Waals surface area contributed by atoms with Crippen LogP contribution in [-0.4, -0.2) is 11.9 Å². The summed E-state index contributed by atoms with van der Waals surface area (Å²) in [6.45, 7) is 3.88. The highest BCUT2D eigenvalue weighted by molar-refractivity contribution is 6.00. The van der Waals surface area contributed by atoms with Crippen molar-refractivity contribution >= 4 is 5.71 Å². The lowest BCUT2D eigenvalue weighted by Crippen LogP contribution is -2.20. The minimum Gasteiger partial charge on any atom is -0.252 e. The van der Waals surface area contributed by atoms with Gasteiger partial charge in [-0.1, -0.05) is 19.9 Å². The molecule has 0 aromatic rings. The third-order valence-corrected chi connectivity index (χ3v) is 2.03. The Morgan fingerprint density at radius 3 is 2.50 bits per heavy atom. The molecule has 0 N–H and O–H groups in total. The van der Waals surface area contributed by atoms with E-state index in [0.29, 0.717) is 6.42 Å². The Balaban J connectivity index is 2.93. The van der Waals surface area contributed by atoms with Gasteiger partial charge in [-0.25, -0.2) is 0 Å². The van der Waals surface area contributed by atoms with Gasteiger partial charge in [-0.05, 0) is 24.0 Å². The van der Waals surface area contributed by atoms with Crippen molar-refractivity contribution in [1.29, 1.82) is 0 Å². The van der Waals surface area contributed by atoms with Crippen molar-refractivity contribution < 1.29 is 13.2 Å². The standard InChI is InChI=1S/C10H12F3N/c1-7(2)8-4-3-5-9(14-6-8)10(11,12)13/h3,5-7H,4H2,1-2H3. The first-order chi connectivity index (χ1) is 6.41. The van der Waals surface area contributed by atoms with E-state index in [1.54, 1.807) is 0 Å². The fraction of sp³-hybridized carbons (Fsp3) is 0.500. The summed E-state index contributed by atoms with van der Waals surface area (Å²) in [6, 6.07) is 0. The number of halogens is 3. The third-order valence-electron chi connectivity index (χ3n) is 2.03. The van der Waals surface area contributed by atoms with E-state index in [1.807, 2.05) is 13.8 Å². The molecule has 0 saturated heterocycles. The first kappa shape index (κ1) is 11.0. The van der Waals surface area contributed by atoms with Crippen LogP contribution in [0, 0.1) is 5.92 Å². The number of alkyl halides is 3. The lowest BCUT2D eigenvalue weighted by molar-refractivity contribution is -0.0576. The van der Waals surface area contributed by atoms with Crippen LogP contribution < -0.4 is 0 Å². The van der Waals surface area contributed by atoms with Crippen molar-refractivity contribution in [2.75, 3.05) is 0 Å². The Kier molecular flexibility index (Phi) is 3.13. The summed E-state index contributed by atoms with van der Waals surface area (Å²) in [5, 5.41) is 0. The lowest BCUT2D eigenvalue weighted by atomic mass is 10.0. The highest BCUT2D eigenvalue weighted by Gasteiger charge is 2.33. The number of hydrogen-bond acceptors (Lipinski definition) is 1. The predicted octanol–water partition coefficient (Wildman–Crippen LogP) is 3.49. The minimum atomic E-state index is -4.35. The van der Waals surface area contributed by atoms with Crippen molar-refractivity contribution in [3.63, 3.8) is 0 Å². The molecule has 0 saturated carbocycles. The van der Waals surface area contributed by atoms with Gasteiger partial charge in [0, 0.05) is 6.20 Å². The highest BCUT2D eigenvalue weighted by Crippen LogP contribution is 2.23. The van der Waals surface area contributed by atoms with Crippen molar-refractivity contribution in [2.24, 2.45) is 10.9 Å². The van der Waals surface area contributed by atoms with Gasteiger partial charge in [0.15, 0.2) is 0 Å². The van der Waals surface area contributed by atoms with Gasteiger partial charge in [0.1, 0.15) is 5.71 Å². The quantitative estimate of drug-likeness (QED) is 0.618. The fourth-order valence-corrected chi connectivity index (χ4v) is 1.11. The number of allylic oxidation sites excluding steroid dienone is 3. The molecule has 0 aromatic carbocycles. The zero-order valence-corrected chi connectivity index (χ0v) is 8.10. The average molecular weight is 203 g/mol. The predicted molar refractivity (Wildman–Crippen MR) is 50.2 cm³/mol. The monoisotopic (exact) mass is 203 g/mol. The van der Waals surface area contributed by atoms with E-state index in [0.717, 1.165) is 11.6 Å². The average Bonchev–Trinajstić information content (AvgIpc) is 2.26. The van der Waals surface area contributed by atoms with Crippen LogP contribution >= 0.6 is 0 Å². The van der Waals surface area contributed by atoms with E-state index >= 15 is 0 Å². The van der Waals surface area contributed by atoms with Crippen molar-refractivity contribution in [1.82, 2.24) is 0 Å². The summed E-state index contributed by atoms with van der Waals surface area (Å²) in [7, 11) is 0. The van der Waals surface area contributed by atoms with Gasteiger partial charge in [-0.2, -0.15) is 13.2 Å². The van der Waals surface area contributed by atoms with Crippen LogP contribution in [0.1, 0.15) is 20.3 Å². The van der Waals surface area contributed by atoms with Gasteiger partial charge in [0.25, 0.3) is 0 Å². The summed E-state index contributed by atoms with van der Waals surface area (Å²) in [4.78, 5) is 3.44. The second-order valence-electron chi connectivity index (χ2n) is 3.48. The second-order valence-corrected chi connectivity index (χ2v) is 3.48. The molecule has 0 bridgehead atoms. The maximum absolute atomic E-state index is 12.2. The van der Waals surface area contributed by atoms with Crippen LogP contribution in [0.3, 0.4) is 0 Å². The summed E-state index contributed by atoms with van der Waals surface area (Å²) in [5.41, 5.74) is 0.0913. The van der Waals surface area contributed by atoms with Crippen LogP contribution in [0.5, 0.6) is 0 Å². The Morgan fingerprint density at radius 2 is 2.00 bits per heavy atom. The molecule has 78 valence electrons. The van der Waals surface area contributed by atoms with Crippen LogP contribution in [0.15, 0.2) is 28.9 Å². The second kappa shape index (κ2) is 3.98. The molecular formula is C10H12F3N. The van der Waals surface area contributed by atoms with E-state index < -0.39 is 11.9 Å². The molecule has 0 aromatic heterocycles. The van der Waals surface area contributed by atoms with E-state index in [4.69, 9.17) is 0 Å². The molecule has 1 nitrogen and oxygen atoms in total. The van der Waals surface area contributed by atoms with E-state index in [1.165, 1.54) is 12.3 Å². The highest BCUT2D eigenvalue weighted by atomic mass is 19.4. The Bertz CT molecular complexity index is 295. The van der Waals surface area contributed by atoms with Crippen LogP contribution in [-0.2, 0) is 0 Å². The fourth-order valence-electron chi connectivity index (χ4n) is 1.11. The molecule has 4 heteroatoms. The minimum absolute atomic E-state index is 0.232. The number of rotatable bonds is 1. The lowest BCUT2D eigenvalue weighted by Gasteiger charge is -2.05. The first-order valence-electron chi connectivity index (χ1n) is 4.41. The number of nitrogens with zero attached hydrogens (tertiary/aromatic N) is 1. The largest absolute Gasteiger partial charge is 0.433 e. The molecular weight excluding hydrogens is 191 g/mol. The van der Waals surface area contributed by atoms with Gasteiger partial charge >= 0.3 is 6.18 Å². The summed E-state index contributed by atoms with van der Waals surface area (Å²) >= 11 is 0. The third kappa shape index (κ3) is 2.72. The van der Waals surface area contributed by atoms with Gasteiger partial charge in [-0.3, -0.25) is 4.99 Å². The smallest absolute Gasteiger partial charge is 0.252 e. The Hall–Kier alpha value is -1.06. The summed E-state index contributed by atoms with van der Waals surface area (Å²) in [6.07, 6.45) is 0.0602. The topological polar surface area (TPSA) is 12.4 Å². The van der Waals surface area contributed by atoms with E-state index in [9.17, 15) is 13.2 Å². The van der Waals surface area contributed by atoms with Gasteiger partial charge in [0.2, 0.25) is 0 Å². The molecule has 1 aliphatic rings. The van der Waals surface area contributed by atoms with Crippen LogP contribution in [0.4, 0.5) is 13.2 Å². The maximum Gasteiger partial charge on any atom is 0.433 e. The van der Waals surface area contributed by atoms with Gasteiger partial charge in [-0.15, -0.1) is 0 Å². The molecule has 0 atom stereocenters. The number of hydrogen-bond donors (Lipinski definition) is 0. The molecule has 1 rings (SSSR count). The zero-order valence-electron chi connectivity index (χ0n) is 8.10. The normalized spacial score (nSPS) is 17.9. The summed E-state index contributed by atoms with van der Waals surface area (Å²) < 4.78 is 36.7. The van der Waals surface area contributed by atoms with Crippen LogP contribution in [0.25, 0.3) is 0 Å². The van der Waals surface area contributed by atoms with Gasteiger partial charge < -0.3 is 0 Å². The van der Waals surface area contributed by atoms with E-state index in [-0.39, 0.29) is 5.92 Å². The van der Waals surface area contributed by atoms with Crippen LogP contribution in [0.2, 0.25) is 0 Å². The molecule has 0 spiro atoms. The molecule has 0 radical (unpaired) electrons. The Labute approximate surface area is 81.0 Å². The Morgan fingerprint density at radius 1 is 1.36 bits per heavy atom. The first-order valence-corrected chi connectivity index (χ1v) is 4.41. The molecule has 0 amide bonds. The van der Waals surface area contributed by atoms with Crippen molar-refractivity contribution in [3.05, 3.63) is 23.9 Å². The zero-order chi connectivity index (χ0) is 10.8. The molecule has 0 fully saturated rings. The van der Waals surface area contributed by atoms with Gasteiger partial charge in [0.05, 0.1) is 0 Å². The summed E-state index contributed by atoms with van der Waals surface area (Å²) in [5.74, 6) is 0.232. The molecule has 0 unspecified atom stereocenters. The molecule has 1 heterocycles. The SMILES string of the molecule is CC(C)C1=CN=C(C(F)(F)F)C=CC1. The van der Waals surface area contributed by atoms with Crippen molar-refractivity contribution in [3.8, 4) is 0 Å².